The Morgan fingerprint density at radius 1 is 1.24 bits per heavy atom. The van der Waals surface area contributed by atoms with Gasteiger partial charge in [0.25, 0.3) is 0 Å². The molecule has 0 N–H and O–H groups in total. The predicted octanol–water partition coefficient (Wildman–Crippen LogP) is 2.71. The summed E-state index contributed by atoms with van der Waals surface area (Å²) in [5.41, 5.74) is 1.28. The zero-order valence-electron chi connectivity index (χ0n) is 10.0. The van der Waals surface area contributed by atoms with Gasteiger partial charge in [0, 0.05) is 25.4 Å². The number of carbonyl (C=O) groups is 1. The number of rotatable bonds is 4. The van der Waals surface area contributed by atoms with E-state index in [1.165, 1.54) is 5.56 Å². The second-order valence-corrected chi connectivity index (χ2v) is 4.95. The zero-order valence-corrected chi connectivity index (χ0v) is 10.9. The predicted molar refractivity (Wildman–Crippen MR) is 73.5 cm³/mol. The number of carbonyl (C=O) groups excluding carboxylic acids is 1. The highest BCUT2D eigenvalue weighted by molar-refractivity contribution is 7.80. The van der Waals surface area contributed by atoms with Crippen molar-refractivity contribution in [3.8, 4) is 0 Å². The Morgan fingerprint density at radius 3 is 2.65 bits per heavy atom. The first kappa shape index (κ1) is 12.5. The molecule has 0 bridgehead atoms. The van der Waals surface area contributed by atoms with Crippen LogP contribution in [0.5, 0.6) is 0 Å². The first-order valence-corrected chi connectivity index (χ1v) is 6.88. The summed E-state index contributed by atoms with van der Waals surface area (Å²) >= 11 is 4.42. The van der Waals surface area contributed by atoms with E-state index in [9.17, 15) is 4.79 Å². The van der Waals surface area contributed by atoms with Crippen molar-refractivity contribution in [2.75, 3.05) is 18.8 Å². The van der Waals surface area contributed by atoms with Crippen LogP contribution in [-0.4, -0.2) is 29.6 Å². The second kappa shape index (κ2) is 6.10. The van der Waals surface area contributed by atoms with Gasteiger partial charge < -0.3 is 4.90 Å². The van der Waals surface area contributed by atoms with Gasteiger partial charge in [-0.1, -0.05) is 30.3 Å². The van der Waals surface area contributed by atoms with Crippen molar-refractivity contribution in [3.05, 3.63) is 35.9 Å². The van der Waals surface area contributed by atoms with Gasteiger partial charge in [-0.05, 0) is 24.2 Å². The number of piperidine rings is 1. The number of nitrogens with zero attached hydrogens (tertiary/aromatic N) is 1. The van der Waals surface area contributed by atoms with Gasteiger partial charge in [0.05, 0.1) is 0 Å². The summed E-state index contributed by atoms with van der Waals surface area (Å²) in [6, 6.07) is 10.4. The van der Waals surface area contributed by atoms with Gasteiger partial charge >= 0.3 is 0 Å². The molecule has 2 rings (SSSR count). The van der Waals surface area contributed by atoms with Crippen molar-refractivity contribution in [2.24, 2.45) is 0 Å². The fourth-order valence-corrected chi connectivity index (χ4v) is 2.64. The Morgan fingerprint density at radius 2 is 2.00 bits per heavy atom. The van der Waals surface area contributed by atoms with Gasteiger partial charge in [-0.25, -0.2) is 0 Å². The summed E-state index contributed by atoms with van der Waals surface area (Å²) in [7, 11) is 0. The molecule has 1 aliphatic rings. The minimum absolute atomic E-state index is 0.305. The van der Waals surface area contributed by atoms with Crippen LogP contribution in [0.25, 0.3) is 0 Å². The van der Waals surface area contributed by atoms with Gasteiger partial charge in [-0.15, -0.1) is 0 Å². The highest BCUT2D eigenvalue weighted by atomic mass is 32.1. The average molecular weight is 249 g/mol. The van der Waals surface area contributed by atoms with Crippen molar-refractivity contribution in [1.82, 2.24) is 4.90 Å². The molecule has 0 spiro atoms. The van der Waals surface area contributed by atoms with Crippen LogP contribution in [0, 0.1) is 0 Å². The summed E-state index contributed by atoms with van der Waals surface area (Å²) in [6.07, 6.45) is 2.90. The van der Waals surface area contributed by atoms with Gasteiger partial charge in [0.1, 0.15) is 0 Å². The molecule has 17 heavy (non-hydrogen) atoms. The SMILES string of the molecule is O=C1CCCCN1CC(CS)c1ccccc1. The van der Waals surface area contributed by atoms with E-state index in [1.54, 1.807) is 0 Å². The van der Waals surface area contributed by atoms with Crippen molar-refractivity contribution in [2.45, 2.75) is 25.2 Å². The number of thiol groups is 1. The lowest BCUT2D eigenvalue weighted by Gasteiger charge is -2.30. The third-order valence-electron chi connectivity index (χ3n) is 3.35. The lowest BCUT2D eigenvalue weighted by Crippen LogP contribution is -2.38. The number of benzene rings is 1. The van der Waals surface area contributed by atoms with Crippen LogP contribution >= 0.6 is 12.6 Å². The van der Waals surface area contributed by atoms with Crippen LogP contribution in [-0.2, 0) is 4.79 Å². The molecule has 3 heteroatoms. The summed E-state index contributed by atoms with van der Waals surface area (Å²) in [6.45, 7) is 1.72. The molecule has 0 aliphatic carbocycles. The summed E-state index contributed by atoms with van der Waals surface area (Å²) in [5, 5.41) is 0. The first-order valence-electron chi connectivity index (χ1n) is 6.25. The number of amides is 1. The Labute approximate surface area is 108 Å². The molecule has 1 aromatic rings. The normalized spacial score (nSPS) is 18.2. The van der Waals surface area contributed by atoms with Crippen LogP contribution < -0.4 is 0 Å². The maximum Gasteiger partial charge on any atom is 0.222 e. The Hall–Kier alpha value is -0.960. The van der Waals surface area contributed by atoms with E-state index in [2.05, 4.69) is 24.8 Å². The lowest BCUT2D eigenvalue weighted by molar-refractivity contribution is -0.133. The van der Waals surface area contributed by atoms with E-state index >= 15 is 0 Å². The zero-order chi connectivity index (χ0) is 12.1. The highest BCUT2D eigenvalue weighted by Crippen LogP contribution is 2.21. The fourth-order valence-electron chi connectivity index (χ4n) is 2.31. The molecule has 1 unspecified atom stereocenters. The molecule has 1 fully saturated rings. The Bertz CT molecular complexity index is 366. The minimum atomic E-state index is 0.305. The van der Waals surface area contributed by atoms with Gasteiger partial charge in [-0.3, -0.25) is 4.79 Å². The fraction of sp³-hybridized carbons (Fsp3) is 0.500. The van der Waals surface area contributed by atoms with E-state index < -0.39 is 0 Å². The number of hydrogen-bond donors (Lipinski definition) is 1. The average Bonchev–Trinajstić information content (AvgIpc) is 2.39. The molecule has 2 nitrogen and oxygen atoms in total. The van der Waals surface area contributed by atoms with E-state index in [1.807, 2.05) is 23.1 Å². The van der Waals surface area contributed by atoms with E-state index in [4.69, 9.17) is 0 Å². The van der Waals surface area contributed by atoms with E-state index in [0.717, 1.165) is 31.7 Å². The third-order valence-corrected chi connectivity index (χ3v) is 3.79. The Balaban J connectivity index is 2.02. The topological polar surface area (TPSA) is 20.3 Å². The first-order chi connectivity index (χ1) is 8.31. The second-order valence-electron chi connectivity index (χ2n) is 4.59. The number of hydrogen-bond acceptors (Lipinski definition) is 2. The van der Waals surface area contributed by atoms with Crippen LogP contribution in [0.2, 0.25) is 0 Å². The van der Waals surface area contributed by atoms with E-state index in [0.29, 0.717) is 18.2 Å². The highest BCUT2D eigenvalue weighted by Gasteiger charge is 2.21. The smallest absolute Gasteiger partial charge is 0.222 e. The molecule has 0 radical (unpaired) electrons. The molecule has 1 aliphatic heterocycles. The third kappa shape index (κ3) is 3.25. The van der Waals surface area contributed by atoms with Crippen molar-refractivity contribution >= 4 is 18.5 Å². The van der Waals surface area contributed by atoms with Crippen molar-refractivity contribution in [3.63, 3.8) is 0 Å². The van der Waals surface area contributed by atoms with Gasteiger partial charge in [0.2, 0.25) is 5.91 Å². The molecule has 0 saturated carbocycles. The molecule has 1 saturated heterocycles. The lowest BCUT2D eigenvalue weighted by atomic mass is 9.99. The summed E-state index contributed by atoms with van der Waals surface area (Å²) < 4.78 is 0. The van der Waals surface area contributed by atoms with Crippen molar-refractivity contribution in [1.29, 1.82) is 0 Å². The molecule has 1 atom stereocenters. The van der Waals surface area contributed by atoms with Crippen LogP contribution in [0.1, 0.15) is 30.7 Å². The molecular formula is C14H19NOS. The Kier molecular flexibility index (Phi) is 4.49. The summed E-state index contributed by atoms with van der Waals surface area (Å²) in [5.74, 6) is 1.44. The minimum Gasteiger partial charge on any atom is -0.342 e. The van der Waals surface area contributed by atoms with Crippen LogP contribution in [0.4, 0.5) is 0 Å². The molecule has 92 valence electrons. The standard InChI is InChI=1S/C14H19NOS/c16-14-8-4-5-9-15(14)10-13(11-17)12-6-2-1-3-7-12/h1-3,6-7,13,17H,4-5,8-11H2. The van der Waals surface area contributed by atoms with Crippen molar-refractivity contribution < 1.29 is 4.79 Å². The quantitative estimate of drug-likeness (QED) is 0.814. The maximum atomic E-state index is 11.8. The monoisotopic (exact) mass is 249 g/mol. The van der Waals surface area contributed by atoms with Gasteiger partial charge in [-0.2, -0.15) is 12.6 Å². The molecule has 1 aromatic carbocycles. The van der Waals surface area contributed by atoms with Gasteiger partial charge in [0.15, 0.2) is 0 Å². The number of likely N-dealkylation sites (tertiary alicyclic amines) is 1. The van der Waals surface area contributed by atoms with E-state index in [-0.39, 0.29) is 0 Å². The largest absolute Gasteiger partial charge is 0.342 e. The van der Waals surface area contributed by atoms with Crippen LogP contribution in [0.15, 0.2) is 30.3 Å². The molecule has 1 heterocycles. The maximum absolute atomic E-state index is 11.8. The molecule has 0 aromatic heterocycles. The molecule has 1 amide bonds. The van der Waals surface area contributed by atoms with Crippen LogP contribution in [0.3, 0.4) is 0 Å². The molecular weight excluding hydrogens is 230 g/mol. The summed E-state index contributed by atoms with van der Waals surface area (Å²) in [4.78, 5) is 13.8.